The molecule has 1 aliphatic carbocycles. The fourth-order valence-corrected chi connectivity index (χ4v) is 6.64. The summed E-state index contributed by atoms with van der Waals surface area (Å²) in [5, 5.41) is 19.2. The van der Waals surface area contributed by atoms with Crippen molar-refractivity contribution in [1.29, 1.82) is 0 Å². The minimum Gasteiger partial charge on any atom is -0.497 e. The first-order valence-electron chi connectivity index (χ1n) is 14.7. The number of alkyl halides is 3. The number of hydrogen-bond donors (Lipinski definition) is 3. The molecule has 1 spiro atoms. The van der Waals surface area contributed by atoms with E-state index < -0.39 is 17.6 Å². The molecule has 45 heavy (non-hydrogen) atoms. The molecule has 4 aromatic rings. The summed E-state index contributed by atoms with van der Waals surface area (Å²) in [5.74, 6) is -1.75. The Labute approximate surface area is 258 Å². The molecule has 1 saturated heterocycles. The molecular weight excluding hydrogens is 587 g/mol. The first-order chi connectivity index (χ1) is 21.4. The smallest absolute Gasteiger partial charge is 0.490 e. The number of carboxylic acid groups (broad SMARTS) is 1. The molecule has 0 radical (unpaired) electrons. The number of rotatable bonds is 5. The molecule has 0 bridgehead atoms. The van der Waals surface area contributed by atoms with Crippen LogP contribution in [0.5, 0.6) is 5.75 Å². The van der Waals surface area contributed by atoms with Crippen LogP contribution in [0.15, 0.2) is 60.7 Å². The maximum Gasteiger partial charge on any atom is 0.490 e. The Hall–Kier alpha value is -4.58. The standard InChI is InChI=1S/C31H33N5O2.C2HF3O2/c1-35(2)21-12-14-36(15-13-21)22-7-4-19(5-8-22)29-24-10-6-20(16-28(24)33-34-29)26-18-31(26)25-17-23(38-3)9-11-27(25)32-30(31)37;3-2(4,5)1(6)7/h4-11,16-17,21,26H,12-15,18H2,1-3H3,(H,32,37)(H,33,34);(H,6,7)/t26-,31-;/m0./s1. The third-order valence-electron chi connectivity index (χ3n) is 9.25. The second-order valence-electron chi connectivity index (χ2n) is 12.0. The zero-order valence-electron chi connectivity index (χ0n) is 25.1. The SMILES string of the molecule is COc1ccc2c(c1)[C@]1(C[C@H]1c1ccc3c(-c4ccc(N5CCC(N(C)C)CC5)cc4)n[nH]c3c1)C(=O)N2.O=C(O)C(F)(F)F. The molecule has 3 heterocycles. The highest BCUT2D eigenvalue weighted by Gasteiger charge is 2.65. The van der Waals surface area contributed by atoms with E-state index in [9.17, 15) is 18.0 Å². The third-order valence-corrected chi connectivity index (χ3v) is 9.25. The molecule has 2 aliphatic heterocycles. The molecule has 3 N–H and O–H groups in total. The highest BCUT2D eigenvalue weighted by atomic mass is 19.4. The van der Waals surface area contributed by atoms with Crippen molar-refractivity contribution in [3.8, 4) is 17.0 Å². The number of ether oxygens (including phenoxy) is 1. The molecule has 2 atom stereocenters. The van der Waals surface area contributed by atoms with Crippen LogP contribution in [0.25, 0.3) is 22.2 Å². The van der Waals surface area contributed by atoms with E-state index in [1.165, 1.54) is 18.5 Å². The van der Waals surface area contributed by atoms with Crippen LogP contribution in [0.1, 0.15) is 36.3 Å². The van der Waals surface area contributed by atoms with Crippen LogP contribution in [-0.2, 0) is 15.0 Å². The normalized spacial score (nSPS) is 21.0. The molecule has 1 amide bonds. The van der Waals surface area contributed by atoms with Crippen molar-refractivity contribution in [2.75, 3.05) is 44.5 Å². The van der Waals surface area contributed by atoms with E-state index in [1.807, 2.05) is 18.2 Å². The molecule has 2 fully saturated rings. The Morgan fingerprint density at radius 2 is 1.76 bits per heavy atom. The molecule has 1 saturated carbocycles. The van der Waals surface area contributed by atoms with Gasteiger partial charge in [0.05, 0.1) is 23.7 Å². The van der Waals surface area contributed by atoms with Crippen LogP contribution in [-0.4, -0.2) is 78.6 Å². The first-order valence-corrected chi connectivity index (χ1v) is 14.7. The van der Waals surface area contributed by atoms with E-state index >= 15 is 0 Å². The van der Waals surface area contributed by atoms with Gasteiger partial charge in [0.1, 0.15) is 5.75 Å². The number of aliphatic carboxylic acids is 1. The van der Waals surface area contributed by atoms with Gasteiger partial charge >= 0.3 is 12.1 Å². The van der Waals surface area contributed by atoms with Crippen LogP contribution in [0.3, 0.4) is 0 Å². The Morgan fingerprint density at radius 1 is 1.07 bits per heavy atom. The Balaban J connectivity index is 0.000000460. The quantitative estimate of drug-likeness (QED) is 0.259. The van der Waals surface area contributed by atoms with Crippen molar-refractivity contribution >= 4 is 34.2 Å². The number of H-pyrrole nitrogens is 1. The van der Waals surface area contributed by atoms with E-state index in [4.69, 9.17) is 14.6 Å². The number of hydrogen-bond acceptors (Lipinski definition) is 6. The summed E-state index contributed by atoms with van der Waals surface area (Å²) < 4.78 is 37.2. The van der Waals surface area contributed by atoms with Gasteiger partial charge in [0, 0.05) is 47.4 Å². The predicted molar refractivity (Wildman–Crippen MR) is 165 cm³/mol. The van der Waals surface area contributed by atoms with Crippen LogP contribution in [0, 0.1) is 0 Å². The third kappa shape index (κ3) is 5.58. The number of aromatic nitrogens is 2. The molecule has 12 heteroatoms. The van der Waals surface area contributed by atoms with Crippen LogP contribution >= 0.6 is 0 Å². The monoisotopic (exact) mass is 621 g/mol. The number of piperidine rings is 1. The predicted octanol–water partition coefficient (Wildman–Crippen LogP) is 5.78. The average molecular weight is 622 g/mol. The number of fused-ring (bicyclic) bond motifs is 3. The second-order valence-corrected chi connectivity index (χ2v) is 12.0. The van der Waals surface area contributed by atoms with Gasteiger partial charge in [-0.2, -0.15) is 18.3 Å². The maximum absolute atomic E-state index is 13.1. The fraction of sp³-hybridized carbons (Fsp3) is 0.364. The van der Waals surface area contributed by atoms with Gasteiger partial charge in [-0.15, -0.1) is 0 Å². The van der Waals surface area contributed by atoms with E-state index in [1.54, 1.807) is 7.11 Å². The number of halogens is 3. The largest absolute Gasteiger partial charge is 0.497 e. The van der Waals surface area contributed by atoms with Gasteiger partial charge in [0.25, 0.3) is 0 Å². The number of nitrogens with zero attached hydrogens (tertiary/aromatic N) is 3. The van der Waals surface area contributed by atoms with Gasteiger partial charge < -0.3 is 25.0 Å². The van der Waals surface area contributed by atoms with Gasteiger partial charge in [-0.05, 0) is 80.9 Å². The second kappa shape index (κ2) is 11.4. The van der Waals surface area contributed by atoms with Crippen molar-refractivity contribution in [3.63, 3.8) is 0 Å². The zero-order chi connectivity index (χ0) is 32.1. The molecule has 236 valence electrons. The Bertz CT molecular complexity index is 1750. The highest BCUT2D eigenvalue weighted by molar-refractivity contribution is 6.10. The van der Waals surface area contributed by atoms with E-state index in [0.29, 0.717) is 6.04 Å². The van der Waals surface area contributed by atoms with Crippen molar-refractivity contribution in [2.45, 2.75) is 42.8 Å². The summed E-state index contributed by atoms with van der Waals surface area (Å²) in [6.07, 6.45) is -1.88. The first kappa shape index (κ1) is 30.4. The van der Waals surface area contributed by atoms with Gasteiger partial charge in [0.15, 0.2) is 0 Å². The number of carbonyl (C=O) groups is 2. The van der Waals surface area contributed by atoms with E-state index in [2.05, 4.69) is 81.9 Å². The minimum atomic E-state index is -5.08. The van der Waals surface area contributed by atoms with Gasteiger partial charge in [-0.3, -0.25) is 9.89 Å². The number of nitrogens with one attached hydrogen (secondary N) is 2. The number of amides is 1. The Kier molecular flexibility index (Phi) is 7.72. The molecule has 9 nitrogen and oxygen atoms in total. The summed E-state index contributed by atoms with van der Waals surface area (Å²) in [6.45, 7) is 2.18. The van der Waals surface area contributed by atoms with E-state index in [0.717, 1.165) is 64.2 Å². The van der Waals surface area contributed by atoms with Crippen LogP contribution in [0.4, 0.5) is 24.5 Å². The number of aromatic amines is 1. The molecule has 0 unspecified atom stereocenters. The molecule has 3 aliphatic rings. The highest BCUT2D eigenvalue weighted by Crippen LogP contribution is 2.65. The average Bonchev–Trinajstić information content (AvgIpc) is 3.55. The number of anilines is 2. The van der Waals surface area contributed by atoms with Gasteiger partial charge in [-0.25, -0.2) is 4.79 Å². The number of carboxylic acids is 1. The maximum atomic E-state index is 13.1. The lowest BCUT2D eigenvalue weighted by molar-refractivity contribution is -0.192. The lowest BCUT2D eigenvalue weighted by Gasteiger charge is -2.36. The van der Waals surface area contributed by atoms with Crippen LogP contribution in [0.2, 0.25) is 0 Å². The number of benzene rings is 3. The summed E-state index contributed by atoms with van der Waals surface area (Å²) in [4.78, 5) is 26.8. The fourth-order valence-electron chi connectivity index (χ4n) is 6.64. The van der Waals surface area contributed by atoms with Crippen molar-refractivity contribution < 1.29 is 32.6 Å². The lowest BCUT2D eigenvalue weighted by Crippen LogP contribution is -2.41. The van der Waals surface area contributed by atoms with Gasteiger partial charge in [-0.1, -0.05) is 24.3 Å². The summed E-state index contributed by atoms with van der Waals surface area (Å²) in [5.41, 5.74) is 6.94. The summed E-state index contributed by atoms with van der Waals surface area (Å²) in [7, 11) is 6.02. The zero-order valence-corrected chi connectivity index (χ0v) is 25.1. The minimum absolute atomic E-state index is 0.0854. The molecule has 1 aromatic heterocycles. The van der Waals surface area contributed by atoms with Crippen molar-refractivity contribution in [1.82, 2.24) is 15.1 Å². The molecule has 7 rings (SSSR count). The van der Waals surface area contributed by atoms with E-state index in [-0.39, 0.29) is 11.8 Å². The Morgan fingerprint density at radius 3 is 2.38 bits per heavy atom. The molecular formula is C33H34F3N5O4. The molecule has 3 aromatic carbocycles. The summed E-state index contributed by atoms with van der Waals surface area (Å²) >= 11 is 0. The topological polar surface area (TPSA) is 111 Å². The van der Waals surface area contributed by atoms with Crippen LogP contribution < -0.4 is 15.0 Å². The van der Waals surface area contributed by atoms with Crippen molar-refractivity contribution in [2.24, 2.45) is 0 Å². The summed E-state index contributed by atoms with van der Waals surface area (Å²) in [6, 6.07) is 21.8. The van der Waals surface area contributed by atoms with Crippen molar-refractivity contribution in [3.05, 3.63) is 71.8 Å². The number of carbonyl (C=O) groups excluding carboxylic acids is 1. The number of methoxy groups -OCH3 is 1. The lowest BCUT2D eigenvalue weighted by atomic mass is 9.91. The van der Waals surface area contributed by atoms with Gasteiger partial charge in [0.2, 0.25) is 5.91 Å².